The highest BCUT2D eigenvalue weighted by Gasteiger charge is 2.56. The predicted molar refractivity (Wildman–Crippen MR) is 98.0 cm³/mol. The number of rotatable bonds is 5. The summed E-state index contributed by atoms with van der Waals surface area (Å²) in [6, 6.07) is 13.4. The number of fused-ring (bicyclic) bond motifs is 2. The molecule has 2 fully saturated rings. The molecular formula is C22H23F2NO2. The number of hydrogen-bond donors (Lipinski definition) is 1. The van der Waals surface area contributed by atoms with Gasteiger partial charge in [-0.05, 0) is 42.9 Å². The van der Waals surface area contributed by atoms with Crippen molar-refractivity contribution >= 4 is 5.91 Å². The van der Waals surface area contributed by atoms with Gasteiger partial charge in [0.05, 0.1) is 13.0 Å². The van der Waals surface area contributed by atoms with Crippen molar-refractivity contribution in [2.75, 3.05) is 6.61 Å². The van der Waals surface area contributed by atoms with E-state index in [2.05, 4.69) is 0 Å². The number of nitrogens with zero attached hydrogens (tertiary/aromatic N) is 1. The van der Waals surface area contributed by atoms with E-state index in [1.807, 2.05) is 35.2 Å². The van der Waals surface area contributed by atoms with E-state index in [9.17, 15) is 18.7 Å². The van der Waals surface area contributed by atoms with Crippen LogP contribution >= 0.6 is 0 Å². The van der Waals surface area contributed by atoms with Gasteiger partial charge in [-0.15, -0.1) is 0 Å². The molecule has 2 saturated heterocycles. The third-order valence-corrected chi connectivity index (χ3v) is 6.21. The van der Waals surface area contributed by atoms with Crippen LogP contribution in [0.5, 0.6) is 0 Å². The maximum atomic E-state index is 14.0. The van der Waals surface area contributed by atoms with Gasteiger partial charge in [0, 0.05) is 23.6 Å². The molecule has 142 valence electrons. The van der Waals surface area contributed by atoms with Gasteiger partial charge in [-0.3, -0.25) is 4.79 Å². The number of benzene rings is 2. The molecule has 0 spiro atoms. The van der Waals surface area contributed by atoms with Crippen LogP contribution in [0.2, 0.25) is 0 Å². The Morgan fingerprint density at radius 2 is 1.93 bits per heavy atom. The van der Waals surface area contributed by atoms with Crippen LogP contribution in [0.1, 0.15) is 30.4 Å². The molecule has 3 nitrogen and oxygen atoms in total. The van der Waals surface area contributed by atoms with Gasteiger partial charge in [-0.2, -0.15) is 0 Å². The van der Waals surface area contributed by atoms with E-state index < -0.39 is 11.6 Å². The molecule has 0 aromatic heterocycles. The Bertz CT molecular complexity index is 841. The molecule has 2 aromatic carbocycles. The SMILES string of the molecule is O=C(Cc1ccc(F)cc1F)N1[C@H]2CC[C@@H]1[C@@](CO)(Cc1ccccc1)C2. The Morgan fingerprint density at radius 3 is 2.63 bits per heavy atom. The zero-order chi connectivity index (χ0) is 19.0. The Labute approximate surface area is 157 Å². The summed E-state index contributed by atoms with van der Waals surface area (Å²) in [5.74, 6) is -1.48. The molecule has 2 aliphatic rings. The minimum absolute atomic E-state index is 0.0255. The summed E-state index contributed by atoms with van der Waals surface area (Å²) in [4.78, 5) is 14.8. The van der Waals surface area contributed by atoms with Crippen LogP contribution in [0.3, 0.4) is 0 Å². The number of aliphatic hydroxyl groups excluding tert-OH is 1. The number of carbonyl (C=O) groups excluding carboxylic acids is 1. The number of halogens is 2. The van der Waals surface area contributed by atoms with Crippen molar-refractivity contribution in [1.82, 2.24) is 4.90 Å². The normalized spacial score (nSPS) is 26.6. The molecule has 4 rings (SSSR count). The standard InChI is InChI=1S/C22H23F2NO2/c23-17-7-6-16(19(24)11-17)10-21(27)25-18-8-9-20(25)22(13-18,14-26)12-15-4-2-1-3-5-15/h1-7,11,18,20,26H,8-10,12-14H2/t18-,20+,22-/m0/s1. The van der Waals surface area contributed by atoms with Crippen LogP contribution in [0, 0.1) is 17.0 Å². The molecule has 2 aliphatic heterocycles. The largest absolute Gasteiger partial charge is 0.396 e. The lowest BCUT2D eigenvalue weighted by Crippen LogP contribution is -2.44. The fourth-order valence-electron chi connectivity index (χ4n) is 5.00. The Morgan fingerprint density at radius 1 is 1.15 bits per heavy atom. The fraction of sp³-hybridized carbons (Fsp3) is 0.409. The first kappa shape index (κ1) is 18.1. The molecule has 27 heavy (non-hydrogen) atoms. The van der Waals surface area contributed by atoms with Crippen molar-refractivity contribution in [2.24, 2.45) is 5.41 Å². The Kier molecular flexibility index (Phi) is 4.72. The highest BCUT2D eigenvalue weighted by atomic mass is 19.1. The first-order valence-electron chi connectivity index (χ1n) is 9.42. The molecule has 0 radical (unpaired) electrons. The van der Waals surface area contributed by atoms with Crippen molar-refractivity contribution in [3.05, 3.63) is 71.3 Å². The maximum Gasteiger partial charge on any atom is 0.227 e. The minimum Gasteiger partial charge on any atom is -0.396 e. The van der Waals surface area contributed by atoms with Crippen molar-refractivity contribution in [1.29, 1.82) is 0 Å². The van der Waals surface area contributed by atoms with E-state index in [1.165, 1.54) is 12.1 Å². The molecule has 1 N–H and O–H groups in total. The van der Waals surface area contributed by atoms with Gasteiger partial charge in [0.2, 0.25) is 5.91 Å². The summed E-state index contributed by atoms with van der Waals surface area (Å²) in [6.07, 6.45) is 3.18. The summed E-state index contributed by atoms with van der Waals surface area (Å²) in [7, 11) is 0. The summed E-state index contributed by atoms with van der Waals surface area (Å²) >= 11 is 0. The van der Waals surface area contributed by atoms with E-state index in [-0.39, 0.29) is 42.0 Å². The van der Waals surface area contributed by atoms with Gasteiger partial charge in [0.15, 0.2) is 0 Å². The molecular weight excluding hydrogens is 348 g/mol. The van der Waals surface area contributed by atoms with Gasteiger partial charge in [-0.1, -0.05) is 36.4 Å². The average Bonchev–Trinajstić information content (AvgIpc) is 3.21. The van der Waals surface area contributed by atoms with Crippen LogP contribution in [0.25, 0.3) is 0 Å². The molecule has 0 saturated carbocycles. The molecule has 2 heterocycles. The minimum atomic E-state index is -0.687. The molecule has 0 aliphatic carbocycles. The lowest BCUT2D eigenvalue weighted by molar-refractivity contribution is -0.132. The van der Waals surface area contributed by atoms with Crippen LogP contribution in [-0.2, 0) is 17.6 Å². The second-order valence-corrected chi connectivity index (χ2v) is 7.85. The van der Waals surface area contributed by atoms with Gasteiger partial charge in [-0.25, -0.2) is 8.78 Å². The van der Waals surface area contributed by atoms with Crippen molar-refractivity contribution in [3.63, 3.8) is 0 Å². The summed E-state index contributed by atoms with van der Waals surface area (Å²) in [5, 5.41) is 10.2. The van der Waals surface area contributed by atoms with Crippen LogP contribution in [0.4, 0.5) is 8.78 Å². The van der Waals surface area contributed by atoms with Crippen LogP contribution in [0.15, 0.2) is 48.5 Å². The lowest BCUT2D eigenvalue weighted by Gasteiger charge is -2.36. The summed E-state index contributed by atoms with van der Waals surface area (Å²) in [5.41, 5.74) is 1.02. The maximum absolute atomic E-state index is 14.0. The number of hydrogen-bond acceptors (Lipinski definition) is 2. The van der Waals surface area contributed by atoms with Gasteiger partial charge < -0.3 is 10.0 Å². The fourth-order valence-corrected chi connectivity index (χ4v) is 5.00. The molecule has 2 aromatic rings. The predicted octanol–water partition coefficient (Wildman–Crippen LogP) is 3.49. The smallest absolute Gasteiger partial charge is 0.227 e. The first-order chi connectivity index (χ1) is 13.0. The van der Waals surface area contributed by atoms with Crippen LogP contribution in [-0.4, -0.2) is 34.6 Å². The molecule has 1 amide bonds. The Hall–Kier alpha value is -2.27. The average molecular weight is 371 g/mol. The third kappa shape index (κ3) is 3.25. The van der Waals surface area contributed by atoms with Gasteiger partial charge in [0.1, 0.15) is 11.6 Å². The monoisotopic (exact) mass is 371 g/mol. The van der Waals surface area contributed by atoms with E-state index >= 15 is 0 Å². The number of amides is 1. The van der Waals surface area contributed by atoms with E-state index in [0.29, 0.717) is 0 Å². The second-order valence-electron chi connectivity index (χ2n) is 7.85. The second kappa shape index (κ2) is 7.04. The zero-order valence-electron chi connectivity index (χ0n) is 15.1. The highest BCUT2D eigenvalue weighted by molar-refractivity contribution is 5.80. The van der Waals surface area contributed by atoms with Crippen LogP contribution < -0.4 is 0 Å². The zero-order valence-corrected chi connectivity index (χ0v) is 15.1. The molecule has 3 atom stereocenters. The quantitative estimate of drug-likeness (QED) is 0.874. The van der Waals surface area contributed by atoms with E-state index in [1.54, 1.807) is 0 Å². The number of carbonyl (C=O) groups is 1. The van der Waals surface area contributed by atoms with Gasteiger partial charge >= 0.3 is 0 Å². The van der Waals surface area contributed by atoms with Crippen molar-refractivity contribution < 1.29 is 18.7 Å². The highest BCUT2D eigenvalue weighted by Crippen LogP contribution is 2.51. The molecule has 0 unspecified atom stereocenters. The number of aliphatic hydroxyl groups is 1. The van der Waals surface area contributed by atoms with Crippen molar-refractivity contribution in [2.45, 2.75) is 44.2 Å². The molecule has 2 bridgehead atoms. The molecule has 5 heteroatoms. The first-order valence-corrected chi connectivity index (χ1v) is 9.42. The van der Waals surface area contributed by atoms with E-state index in [0.717, 1.165) is 37.3 Å². The van der Waals surface area contributed by atoms with Gasteiger partial charge in [0.25, 0.3) is 0 Å². The summed E-state index contributed by atoms with van der Waals surface area (Å²) < 4.78 is 27.1. The van der Waals surface area contributed by atoms with E-state index in [4.69, 9.17) is 0 Å². The topological polar surface area (TPSA) is 40.5 Å². The third-order valence-electron chi connectivity index (χ3n) is 6.21. The Balaban J connectivity index is 1.55. The lowest BCUT2D eigenvalue weighted by atomic mass is 9.70. The van der Waals surface area contributed by atoms with Crippen molar-refractivity contribution in [3.8, 4) is 0 Å². The summed E-state index contributed by atoms with van der Waals surface area (Å²) in [6.45, 7) is 0.0255.